The molecule has 0 radical (unpaired) electrons. The van der Waals surface area contributed by atoms with Crippen LogP contribution in [0.25, 0.3) is 0 Å². The predicted molar refractivity (Wildman–Crippen MR) is 103 cm³/mol. The third-order valence-electron chi connectivity index (χ3n) is 3.63. The minimum absolute atomic E-state index is 0.239. The molecular weight excluding hydrogens is 328 g/mol. The summed E-state index contributed by atoms with van der Waals surface area (Å²) in [6.07, 6.45) is 5.28. The van der Waals surface area contributed by atoms with Crippen LogP contribution < -0.4 is 15.4 Å². The first-order valence-electron chi connectivity index (χ1n) is 8.91. The first-order chi connectivity index (χ1) is 12.7. The number of allylic oxidation sites excluding steroid dienone is 1. The van der Waals surface area contributed by atoms with Crippen LogP contribution in [0.1, 0.15) is 37.4 Å². The highest BCUT2D eigenvalue weighted by Gasteiger charge is 2.09. The highest BCUT2D eigenvalue weighted by atomic mass is 16.5. The van der Waals surface area contributed by atoms with Crippen molar-refractivity contribution in [3.05, 3.63) is 60.3 Å². The number of carbonyl (C=O) groups is 1. The topological polar surface area (TPSA) is 76.1 Å². The van der Waals surface area contributed by atoms with E-state index in [4.69, 9.17) is 4.74 Å². The Kier molecular flexibility index (Phi) is 8.12. The van der Waals surface area contributed by atoms with E-state index in [0.29, 0.717) is 25.5 Å². The number of nitrogens with zero attached hydrogens (tertiary/aromatic N) is 2. The Hall–Kier alpha value is -2.89. The first kappa shape index (κ1) is 19.4. The Labute approximate surface area is 154 Å². The molecule has 0 spiro atoms. The van der Waals surface area contributed by atoms with Gasteiger partial charge >= 0.3 is 6.03 Å². The number of nitrogens with one attached hydrogen (secondary N) is 2. The average molecular weight is 354 g/mol. The Morgan fingerprint density at radius 2 is 2.08 bits per heavy atom. The van der Waals surface area contributed by atoms with E-state index in [-0.39, 0.29) is 12.0 Å². The number of hydrogen-bond acceptors (Lipinski definition) is 4. The van der Waals surface area contributed by atoms with E-state index in [1.165, 1.54) is 0 Å². The molecule has 2 amide bonds. The lowest BCUT2D eigenvalue weighted by Gasteiger charge is -2.11. The van der Waals surface area contributed by atoms with Gasteiger partial charge in [-0.3, -0.25) is 5.32 Å². The summed E-state index contributed by atoms with van der Waals surface area (Å²) in [5, 5.41) is 5.46. The molecule has 2 rings (SSSR count). The zero-order valence-electron chi connectivity index (χ0n) is 15.2. The third kappa shape index (κ3) is 6.93. The summed E-state index contributed by atoms with van der Waals surface area (Å²) in [7, 11) is 0. The molecule has 0 atom stereocenters. The fourth-order valence-electron chi connectivity index (χ4n) is 2.24. The molecule has 0 aliphatic rings. The molecule has 1 heterocycles. The van der Waals surface area contributed by atoms with Gasteiger partial charge < -0.3 is 10.1 Å². The van der Waals surface area contributed by atoms with Crippen molar-refractivity contribution in [2.24, 2.45) is 0 Å². The molecule has 1 aromatic carbocycles. The summed E-state index contributed by atoms with van der Waals surface area (Å²) in [6, 6.07) is 11.3. The van der Waals surface area contributed by atoms with Crippen LogP contribution in [0.3, 0.4) is 0 Å². The fraction of sp³-hybridized carbons (Fsp3) is 0.350. The molecule has 6 nitrogen and oxygen atoms in total. The van der Waals surface area contributed by atoms with E-state index in [2.05, 4.69) is 34.1 Å². The lowest BCUT2D eigenvalue weighted by Crippen LogP contribution is -2.30. The Balaban J connectivity index is 2.05. The maximum absolute atomic E-state index is 11.9. The number of amides is 2. The number of urea groups is 1. The van der Waals surface area contributed by atoms with E-state index in [0.717, 1.165) is 30.5 Å². The smallest absolute Gasteiger partial charge is 0.321 e. The van der Waals surface area contributed by atoms with Gasteiger partial charge in [0.05, 0.1) is 5.69 Å². The molecule has 2 aromatic rings. The zero-order chi connectivity index (χ0) is 18.6. The van der Waals surface area contributed by atoms with Crippen molar-refractivity contribution in [2.45, 2.75) is 39.2 Å². The molecule has 0 unspecified atom stereocenters. The van der Waals surface area contributed by atoms with Crippen LogP contribution in [0.5, 0.6) is 5.88 Å². The van der Waals surface area contributed by atoms with Crippen molar-refractivity contribution < 1.29 is 9.53 Å². The second-order valence-corrected chi connectivity index (χ2v) is 5.86. The quantitative estimate of drug-likeness (QED) is 0.497. The molecule has 138 valence electrons. The first-order valence-corrected chi connectivity index (χ1v) is 8.91. The van der Waals surface area contributed by atoms with Gasteiger partial charge in [0.2, 0.25) is 11.8 Å². The summed E-state index contributed by atoms with van der Waals surface area (Å²) in [6.45, 7) is 6.83. The van der Waals surface area contributed by atoms with Gasteiger partial charge in [-0.1, -0.05) is 49.8 Å². The standard InChI is InChI=1S/C20H26N4O2/c1-3-5-12-17-14-18(26-15-16-10-8-7-9-11-16)23-19(22-17)24-20(25)21-13-6-4-2/h3,7-11,14H,1,4-6,12-13,15H2,2H3,(H2,21,22,23,24,25). The maximum atomic E-state index is 11.9. The molecule has 0 aliphatic heterocycles. The molecule has 0 bridgehead atoms. The van der Waals surface area contributed by atoms with Gasteiger partial charge in [-0.2, -0.15) is 4.98 Å². The van der Waals surface area contributed by atoms with Crippen molar-refractivity contribution >= 4 is 12.0 Å². The highest BCUT2D eigenvalue weighted by Crippen LogP contribution is 2.16. The Morgan fingerprint density at radius 3 is 2.81 bits per heavy atom. The summed E-state index contributed by atoms with van der Waals surface area (Å²) >= 11 is 0. The number of aryl methyl sites for hydroxylation is 1. The van der Waals surface area contributed by atoms with Gasteiger partial charge in [-0.05, 0) is 24.8 Å². The van der Waals surface area contributed by atoms with Gasteiger partial charge in [0.15, 0.2) is 0 Å². The van der Waals surface area contributed by atoms with Gasteiger partial charge in [0, 0.05) is 12.6 Å². The summed E-state index contributed by atoms with van der Waals surface area (Å²) in [5.41, 5.74) is 1.84. The monoisotopic (exact) mass is 354 g/mol. The molecule has 0 fully saturated rings. The maximum Gasteiger partial charge on any atom is 0.321 e. The van der Waals surface area contributed by atoms with Crippen LogP contribution in [-0.4, -0.2) is 22.5 Å². The second kappa shape index (κ2) is 10.9. The number of aromatic nitrogens is 2. The van der Waals surface area contributed by atoms with Crippen LogP contribution in [-0.2, 0) is 13.0 Å². The molecule has 0 saturated heterocycles. The molecule has 2 N–H and O–H groups in total. The second-order valence-electron chi connectivity index (χ2n) is 5.86. The van der Waals surface area contributed by atoms with Crippen LogP contribution >= 0.6 is 0 Å². The molecule has 1 aromatic heterocycles. The SMILES string of the molecule is C=CCCc1cc(OCc2ccccc2)nc(NC(=O)NCCCC)n1. The Bertz CT molecular complexity index is 704. The normalized spacial score (nSPS) is 10.2. The van der Waals surface area contributed by atoms with Gasteiger partial charge in [0.25, 0.3) is 0 Å². The van der Waals surface area contributed by atoms with Crippen LogP contribution in [0.15, 0.2) is 49.1 Å². The lowest BCUT2D eigenvalue weighted by atomic mass is 10.2. The van der Waals surface area contributed by atoms with E-state index in [9.17, 15) is 4.79 Å². The van der Waals surface area contributed by atoms with Crippen LogP contribution in [0, 0.1) is 0 Å². The number of carbonyl (C=O) groups excluding carboxylic acids is 1. The van der Waals surface area contributed by atoms with Gasteiger partial charge in [-0.25, -0.2) is 9.78 Å². The molecule has 0 aliphatic carbocycles. The molecule has 0 saturated carbocycles. The zero-order valence-corrected chi connectivity index (χ0v) is 15.2. The third-order valence-corrected chi connectivity index (χ3v) is 3.63. The van der Waals surface area contributed by atoms with Crippen molar-refractivity contribution in [1.82, 2.24) is 15.3 Å². The number of rotatable bonds is 10. The lowest BCUT2D eigenvalue weighted by molar-refractivity contribution is 0.251. The van der Waals surface area contributed by atoms with E-state index in [1.807, 2.05) is 36.4 Å². The summed E-state index contributed by atoms with van der Waals surface area (Å²) < 4.78 is 5.78. The highest BCUT2D eigenvalue weighted by molar-refractivity contribution is 5.87. The van der Waals surface area contributed by atoms with Gasteiger partial charge in [-0.15, -0.1) is 6.58 Å². The van der Waals surface area contributed by atoms with E-state index < -0.39 is 0 Å². The summed E-state index contributed by atoms with van der Waals surface area (Å²) in [4.78, 5) is 20.6. The van der Waals surface area contributed by atoms with Crippen molar-refractivity contribution in [1.29, 1.82) is 0 Å². The minimum Gasteiger partial charge on any atom is -0.473 e. The molecule has 6 heteroatoms. The van der Waals surface area contributed by atoms with Crippen LogP contribution in [0.2, 0.25) is 0 Å². The van der Waals surface area contributed by atoms with Crippen molar-refractivity contribution in [3.63, 3.8) is 0 Å². The Morgan fingerprint density at radius 1 is 1.27 bits per heavy atom. The number of unbranched alkanes of at least 4 members (excludes halogenated alkanes) is 1. The number of ether oxygens (including phenoxy) is 1. The summed E-state index contributed by atoms with van der Waals surface area (Å²) in [5.74, 6) is 0.676. The van der Waals surface area contributed by atoms with Gasteiger partial charge in [0.1, 0.15) is 6.61 Å². The van der Waals surface area contributed by atoms with Crippen LogP contribution in [0.4, 0.5) is 10.7 Å². The molecule has 26 heavy (non-hydrogen) atoms. The number of hydrogen-bond donors (Lipinski definition) is 2. The van der Waals surface area contributed by atoms with E-state index >= 15 is 0 Å². The van der Waals surface area contributed by atoms with Crippen molar-refractivity contribution in [3.8, 4) is 5.88 Å². The fourth-order valence-corrected chi connectivity index (χ4v) is 2.24. The largest absolute Gasteiger partial charge is 0.473 e. The number of anilines is 1. The van der Waals surface area contributed by atoms with Crippen molar-refractivity contribution in [2.75, 3.05) is 11.9 Å². The minimum atomic E-state index is -0.312. The number of benzene rings is 1. The average Bonchev–Trinajstić information content (AvgIpc) is 2.65. The predicted octanol–water partition coefficient (Wildman–Crippen LogP) is 4.10. The van der Waals surface area contributed by atoms with E-state index in [1.54, 1.807) is 6.07 Å². The molecular formula is C20H26N4O2.